The fourth-order valence-corrected chi connectivity index (χ4v) is 9.91. The van der Waals surface area contributed by atoms with Crippen molar-refractivity contribution in [3.8, 4) is 44.8 Å². The van der Waals surface area contributed by atoms with E-state index in [1.54, 1.807) is 0 Å². The van der Waals surface area contributed by atoms with Crippen LogP contribution in [0.25, 0.3) is 44.8 Å². The molecule has 3 aromatic carbocycles. The molecule has 11 heteroatoms. The maximum absolute atomic E-state index is 13.4. The van der Waals surface area contributed by atoms with Crippen molar-refractivity contribution in [1.29, 1.82) is 0 Å². The number of carbonyl (C=O) groups excluding carboxylic acids is 2. The minimum absolute atomic E-state index is 0.109. The number of rotatable bonds is 12. The highest BCUT2D eigenvalue weighted by atomic mass is 16.5. The molecule has 2 amide bonds. The largest absolute Gasteiger partial charge is 0.453 e. The van der Waals surface area contributed by atoms with Crippen molar-refractivity contribution in [3.05, 3.63) is 95.8 Å². The van der Waals surface area contributed by atoms with Gasteiger partial charge in [-0.3, -0.25) is 9.69 Å². The third kappa shape index (κ3) is 6.74. The first-order chi connectivity index (χ1) is 27.7. The number of ether oxygens (including phenoxy) is 1. The Morgan fingerprint density at radius 1 is 0.789 bits per heavy atom. The van der Waals surface area contributed by atoms with Crippen molar-refractivity contribution < 1.29 is 14.3 Å². The van der Waals surface area contributed by atoms with Crippen LogP contribution in [-0.2, 0) is 9.53 Å². The quantitative estimate of drug-likeness (QED) is 0.0860. The lowest BCUT2D eigenvalue weighted by molar-refractivity contribution is -0.125. The van der Waals surface area contributed by atoms with E-state index in [0.717, 1.165) is 59.3 Å². The molecule has 2 aliphatic carbocycles. The molecule has 10 rings (SSSR count). The van der Waals surface area contributed by atoms with Crippen molar-refractivity contribution in [2.75, 3.05) is 14.2 Å². The van der Waals surface area contributed by atoms with Gasteiger partial charge in [-0.25, -0.2) is 14.8 Å². The third-order valence-electron chi connectivity index (χ3n) is 13.4. The molecule has 7 atom stereocenters. The van der Waals surface area contributed by atoms with E-state index in [4.69, 9.17) is 14.7 Å². The molecule has 2 aromatic heterocycles. The molecule has 5 aliphatic rings. The van der Waals surface area contributed by atoms with E-state index in [1.165, 1.54) is 66.2 Å². The van der Waals surface area contributed by atoms with E-state index in [-0.39, 0.29) is 17.9 Å². The second-order valence-electron chi connectivity index (χ2n) is 17.4. The van der Waals surface area contributed by atoms with E-state index in [1.807, 2.05) is 26.2 Å². The number of fused-ring (bicyclic) bond motifs is 6. The fourth-order valence-electron chi connectivity index (χ4n) is 9.91. The van der Waals surface area contributed by atoms with E-state index < -0.39 is 12.1 Å². The molecule has 5 aromatic rings. The van der Waals surface area contributed by atoms with Crippen LogP contribution in [0.5, 0.6) is 0 Å². The number of aromatic amines is 2. The number of aromatic nitrogens is 4. The summed E-state index contributed by atoms with van der Waals surface area (Å²) in [6.45, 7) is 3.81. The highest BCUT2D eigenvalue weighted by Crippen LogP contribution is 2.57. The van der Waals surface area contributed by atoms with Crippen molar-refractivity contribution in [2.45, 2.75) is 95.0 Å². The Balaban J connectivity index is 0.885. The second kappa shape index (κ2) is 14.3. The lowest BCUT2D eigenvalue weighted by Crippen LogP contribution is -2.50. The van der Waals surface area contributed by atoms with Gasteiger partial charge in [-0.15, -0.1) is 0 Å². The maximum atomic E-state index is 13.4. The maximum Gasteiger partial charge on any atom is 0.407 e. The number of nitrogens with one attached hydrogen (secondary N) is 5. The Bertz CT molecular complexity index is 2300. The first-order valence-corrected chi connectivity index (χ1v) is 20.8. The summed E-state index contributed by atoms with van der Waals surface area (Å²) in [5.41, 5.74) is 12.2. The molecule has 11 nitrogen and oxygen atoms in total. The van der Waals surface area contributed by atoms with Gasteiger partial charge in [0.2, 0.25) is 5.91 Å². The summed E-state index contributed by atoms with van der Waals surface area (Å²) < 4.78 is 4.77. The van der Waals surface area contributed by atoms with E-state index >= 15 is 0 Å². The van der Waals surface area contributed by atoms with Crippen LogP contribution in [0.2, 0.25) is 0 Å². The van der Waals surface area contributed by atoms with Crippen LogP contribution in [0.3, 0.4) is 0 Å². The summed E-state index contributed by atoms with van der Waals surface area (Å²) in [7, 11) is 3.59. The molecule has 0 spiro atoms. The van der Waals surface area contributed by atoms with Gasteiger partial charge in [0.1, 0.15) is 17.7 Å². The standard InChI is InChI=1S/C46H52N8O3/c1-24(2)42(53-46(56)57-4)45(55)52-34(19-25-5-6-25)43-47-22-36(50-43)28-11-7-26(8-12-28)31-15-16-32(41-39-18-17-38(40(31)41)54(39)3)27-9-13-29(14-10-27)37-23-48-44(51-37)35-21-30-20-33(30)49-35/h7-16,22-25,30,33-35,38-39,42,49H,5-6,17-21H2,1-4H3,(H,47,50)(H,48,51)(H,52,55)(H,53,56)/t30?,33?,34-,35-,38?,39?,42?/m0/s1. The van der Waals surface area contributed by atoms with Crippen LogP contribution in [-0.4, -0.2) is 63.1 Å². The minimum Gasteiger partial charge on any atom is -0.453 e. The Morgan fingerprint density at radius 2 is 1.39 bits per heavy atom. The number of hydrogen-bond acceptors (Lipinski definition) is 7. The van der Waals surface area contributed by atoms with E-state index in [0.29, 0.717) is 30.1 Å². The second-order valence-corrected chi connectivity index (χ2v) is 17.4. The van der Waals surface area contributed by atoms with Crippen molar-refractivity contribution in [2.24, 2.45) is 17.8 Å². The number of imidazole rings is 2. The zero-order valence-corrected chi connectivity index (χ0v) is 33.1. The Morgan fingerprint density at radius 3 is 1.95 bits per heavy atom. The monoisotopic (exact) mass is 764 g/mol. The molecular formula is C46H52N8O3. The SMILES string of the molecule is COC(=O)NC(C(=O)N[C@@H](CC1CC1)c1ncc(-c2ccc(-c3ccc(-c4ccc(-c5cnc([C@@H]6CC7CC7N6)[nH]5)cc4)c4c3C3CCC4N3C)cc2)[nH]1)C(C)C. The number of methoxy groups -OCH3 is 1. The molecule has 2 bridgehead atoms. The zero-order chi connectivity index (χ0) is 38.9. The van der Waals surface area contributed by atoms with Crippen molar-refractivity contribution in [3.63, 3.8) is 0 Å². The highest BCUT2D eigenvalue weighted by Gasteiger charge is 2.47. The fraction of sp³-hybridized carbons (Fsp3) is 0.435. The topological polar surface area (TPSA) is 140 Å². The number of piperidine rings is 1. The van der Waals surface area contributed by atoms with Crippen LogP contribution in [0, 0.1) is 17.8 Å². The van der Waals surface area contributed by atoms with Gasteiger partial charge in [0.15, 0.2) is 0 Å². The molecule has 5 unspecified atom stereocenters. The normalized spacial score (nSPS) is 24.3. The molecule has 57 heavy (non-hydrogen) atoms. The third-order valence-corrected chi connectivity index (χ3v) is 13.4. The minimum atomic E-state index is -0.710. The summed E-state index contributed by atoms with van der Waals surface area (Å²) in [6.07, 6.45) is 11.2. The summed E-state index contributed by atoms with van der Waals surface area (Å²) in [6, 6.07) is 23.3. The van der Waals surface area contributed by atoms with Crippen molar-refractivity contribution >= 4 is 12.0 Å². The van der Waals surface area contributed by atoms with Gasteiger partial charge in [-0.2, -0.15) is 0 Å². The van der Waals surface area contributed by atoms with E-state index in [9.17, 15) is 9.59 Å². The Kier molecular flexibility index (Phi) is 9.05. The van der Waals surface area contributed by atoms with Gasteiger partial charge < -0.3 is 30.7 Å². The van der Waals surface area contributed by atoms with Gasteiger partial charge in [0, 0.05) is 18.1 Å². The molecular weight excluding hydrogens is 713 g/mol. The lowest BCUT2D eigenvalue weighted by Gasteiger charge is -2.24. The predicted octanol–water partition coefficient (Wildman–Crippen LogP) is 8.38. The number of carbonyl (C=O) groups is 2. The number of alkyl carbamates (subject to hydrolysis) is 1. The Labute approximate surface area is 333 Å². The average molecular weight is 765 g/mol. The number of hydrogen-bond donors (Lipinski definition) is 5. The molecule has 5 N–H and O–H groups in total. The summed E-state index contributed by atoms with van der Waals surface area (Å²) in [4.78, 5) is 44.6. The van der Waals surface area contributed by atoms with Gasteiger partial charge in [0.05, 0.1) is 43.0 Å². The van der Waals surface area contributed by atoms with Gasteiger partial charge in [0.25, 0.3) is 0 Å². The smallest absolute Gasteiger partial charge is 0.407 e. The molecule has 5 heterocycles. The van der Waals surface area contributed by atoms with Crippen LogP contribution in [0.15, 0.2) is 73.1 Å². The van der Waals surface area contributed by atoms with Gasteiger partial charge in [-0.05, 0) is 101 Å². The summed E-state index contributed by atoms with van der Waals surface area (Å²) in [5, 5.41) is 9.57. The van der Waals surface area contributed by atoms with Crippen LogP contribution in [0.1, 0.15) is 106 Å². The highest BCUT2D eigenvalue weighted by molar-refractivity contribution is 5.86. The predicted molar refractivity (Wildman–Crippen MR) is 220 cm³/mol. The zero-order valence-electron chi connectivity index (χ0n) is 33.1. The first-order valence-electron chi connectivity index (χ1n) is 20.8. The van der Waals surface area contributed by atoms with Gasteiger partial charge in [-0.1, -0.05) is 87.4 Å². The number of H-pyrrole nitrogens is 2. The van der Waals surface area contributed by atoms with E-state index in [2.05, 4.69) is 98.5 Å². The summed E-state index contributed by atoms with van der Waals surface area (Å²) >= 11 is 0. The average Bonchev–Trinajstić information content (AvgIpc) is 3.79. The first kappa shape index (κ1) is 36.1. The number of nitrogens with zero attached hydrogens (tertiary/aromatic N) is 3. The molecule has 4 fully saturated rings. The van der Waals surface area contributed by atoms with Gasteiger partial charge >= 0.3 is 6.09 Å². The molecule has 0 radical (unpaired) electrons. The molecule has 3 aliphatic heterocycles. The number of amides is 2. The van der Waals surface area contributed by atoms with Crippen LogP contribution >= 0.6 is 0 Å². The van der Waals surface area contributed by atoms with Crippen molar-refractivity contribution in [1.82, 2.24) is 40.8 Å². The molecule has 2 saturated heterocycles. The number of benzene rings is 3. The Hall–Kier alpha value is -5.26. The lowest BCUT2D eigenvalue weighted by atomic mass is 9.81. The molecule has 2 saturated carbocycles. The molecule has 294 valence electrons. The van der Waals surface area contributed by atoms with Crippen LogP contribution < -0.4 is 16.0 Å². The summed E-state index contributed by atoms with van der Waals surface area (Å²) in [5.74, 6) is 2.82. The van der Waals surface area contributed by atoms with Crippen LogP contribution in [0.4, 0.5) is 4.79 Å².